The Balaban J connectivity index is 0.000000187. The second-order valence-electron chi connectivity index (χ2n) is 14.4. The van der Waals surface area contributed by atoms with Crippen molar-refractivity contribution in [1.82, 2.24) is 0 Å². The van der Waals surface area contributed by atoms with E-state index >= 15 is 0 Å². The molecule has 4 aromatic rings. The number of hydrogen-bond acceptors (Lipinski definition) is 0. The SMILES string of the molecule is C[C](C)=[Hf+][CH]1c2cc(C)ccc2-c2ccc(C)c(C3=CC=CC3)c21.C[C](C)=[Hf+][CH]1c2cc(C)ccc2-c2ccc(C)c(C3=CC=CC3)c21.[Cl-].[Cl-]. The van der Waals surface area contributed by atoms with E-state index in [4.69, 9.17) is 0 Å². The minimum Gasteiger partial charge on any atom is -1.00 e. The summed E-state index contributed by atoms with van der Waals surface area (Å²) < 4.78 is 4.78. The number of halogens is 2. The standard InChI is InChI=1S/2C20H17.2C3H6.2ClH.2Hf/c2*1-13-7-9-17-16(11-13)12-19-18(17)10-8-14(2)20(19)15-5-3-4-6-15;2*1-3-2;;;;/h2*3-5,7-12H,6H2,1-2H3;2*1-2H3;2*1H;;/q;;;;;;2*+1/p-2. The minimum atomic E-state index is -0.884. The first-order valence-corrected chi connectivity index (χ1v) is 25.2. The molecular formula is C46H46Cl2Hf2. The minimum absolute atomic E-state index is 0. The molecule has 252 valence electrons. The van der Waals surface area contributed by atoms with Gasteiger partial charge in [-0.05, 0) is 0 Å². The molecule has 50 heavy (non-hydrogen) atoms. The third kappa shape index (κ3) is 7.39. The maximum absolute atomic E-state index is 2.45. The van der Waals surface area contributed by atoms with Gasteiger partial charge in [-0.3, -0.25) is 0 Å². The molecule has 0 fully saturated rings. The Morgan fingerprint density at radius 1 is 0.520 bits per heavy atom. The fourth-order valence-electron chi connectivity index (χ4n) is 8.16. The van der Waals surface area contributed by atoms with Crippen molar-refractivity contribution in [1.29, 1.82) is 0 Å². The Morgan fingerprint density at radius 3 is 1.24 bits per heavy atom. The van der Waals surface area contributed by atoms with Crippen molar-refractivity contribution in [2.24, 2.45) is 0 Å². The molecule has 0 nitrogen and oxygen atoms in total. The maximum atomic E-state index is 2.45. The molecule has 0 saturated heterocycles. The quantitative estimate of drug-likeness (QED) is 0.220. The Labute approximate surface area is 334 Å². The van der Waals surface area contributed by atoms with Gasteiger partial charge in [0.05, 0.1) is 0 Å². The molecule has 4 aliphatic carbocycles. The van der Waals surface area contributed by atoms with Gasteiger partial charge in [0.25, 0.3) is 0 Å². The molecule has 0 aliphatic heterocycles. The summed E-state index contributed by atoms with van der Waals surface area (Å²) in [5.41, 5.74) is 24.3. The zero-order valence-corrected chi connectivity index (χ0v) is 39.3. The zero-order valence-electron chi connectivity index (χ0n) is 30.6. The normalized spacial score (nSPS) is 16.6. The smallest absolute Gasteiger partial charge is 1.00 e. The first kappa shape index (κ1) is 39.1. The topological polar surface area (TPSA) is 0 Å². The summed E-state index contributed by atoms with van der Waals surface area (Å²) in [6.07, 6.45) is 15.8. The molecule has 4 aromatic carbocycles. The second kappa shape index (κ2) is 16.3. The third-order valence-electron chi connectivity index (χ3n) is 10.2. The van der Waals surface area contributed by atoms with Crippen LogP contribution >= 0.6 is 0 Å². The largest absolute Gasteiger partial charge is 1.00 e. The maximum Gasteiger partial charge on any atom is -1.00 e. The number of aryl methyl sites for hydroxylation is 4. The third-order valence-corrected chi connectivity index (χ3v) is 20.7. The van der Waals surface area contributed by atoms with Crippen LogP contribution in [0.4, 0.5) is 0 Å². The van der Waals surface area contributed by atoms with Gasteiger partial charge in [-0.15, -0.1) is 0 Å². The van der Waals surface area contributed by atoms with Gasteiger partial charge in [0.2, 0.25) is 0 Å². The molecule has 0 spiro atoms. The van der Waals surface area contributed by atoms with Crippen molar-refractivity contribution in [3.8, 4) is 22.3 Å². The van der Waals surface area contributed by atoms with Crippen LogP contribution in [0.3, 0.4) is 0 Å². The molecule has 0 N–H and O–H groups in total. The van der Waals surface area contributed by atoms with E-state index in [9.17, 15) is 0 Å². The van der Waals surface area contributed by atoms with E-state index in [2.05, 4.69) is 153 Å². The van der Waals surface area contributed by atoms with Crippen molar-refractivity contribution < 1.29 is 69.7 Å². The Kier molecular flexibility index (Phi) is 12.7. The van der Waals surface area contributed by atoms with Gasteiger partial charge in [0.15, 0.2) is 0 Å². The number of rotatable bonds is 4. The summed E-state index contributed by atoms with van der Waals surface area (Å²) in [5.74, 6) is 0. The van der Waals surface area contributed by atoms with Gasteiger partial charge >= 0.3 is 313 Å². The molecule has 4 heteroatoms. The molecule has 2 unspecified atom stereocenters. The Hall–Kier alpha value is -2.10. The molecule has 0 aromatic heterocycles. The van der Waals surface area contributed by atoms with Crippen molar-refractivity contribution in [3.05, 3.63) is 153 Å². The fourth-order valence-corrected chi connectivity index (χ4v) is 18.3. The summed E-state index contributed by atoms with van der Waals surface area (Å²) in [7, 11) is 0. The molecule has 2 atom stereocenters. The van der Waals surface area contributed by atoms with Gasteiger partial charge in [0, 0.05) is 0 Å². The predicted octanol–water partition coefficient (Wildman–Crippen LogP) is 6.03. The van der Waals surface area contributed by atoms with E-state index in [0.717, 1.165) is 12.8 Å². The average Bonchev–Trinajstić information content (AvgIpc) is 3.86. The summed E-state index contributed by atoms with van der Waals surface area (Å²) in [4.78, 5) is 0. The monoisotopic (exact) mass is 1030 g/mol. The van der Waals surface area contributed by atoms with Gasteiger partial charge < -0.3 is 24.8 Å². The number of benzene rings is 4. The van der Waals surface area contributed by atoms with Crippen LogP contribution in [0.1, 0.15) is 104 Å². The number of hydrogen-bond donors (Lipinski definition) is 0. The van der Waals surface area contributed by atoms with Gasteiger partial charge in [-0.1, -0.05) is 0 Å². The van der Waals surface area contributed by atoms with Crippen LogP contribution in [0.15, 0.2) is 97.1 Å². The van der Waals surface area contributed by atoms with Gasteiger partial charge in [0.1, 0.15) is 0 Å². The first-order chi connectivity index (χ1) is 23.1. The fraction of sp³-hybridized carbons (Fsp3) is 0.261. The average molecular weight is 1030 g/mol. The van der Waals surface area contributed by atoms with Gasteiger partial charge in [-0.2, -0.15) is 0 Å². The molecule has 0 heterocycles. The van der Waals surface area contributed by atoms with E-state index < -0.39 is 44.8 Å². The second-order valence-corrected chi connectivity index (χ2v) is 27.8. The van der Waals surface area contributed by atoms with Crippen molar-refractivity contribution in [2.45, 2.75) is 75.6 Å². The van der Waals surface area contributed by atoms with Crippen molar-refractivity contribution in [2.75, 3.05) is 0 Å². The van der Waals surface area contributed by atoms with Crippen LogP contribution in [-0.2, 0) is 44.8 Å². The summed E-state index contributed by atoms with van der Waals surface area (Å²) in [5, 5.41) is 0. The molecule has 0 saturated carbocycles. The van der Waals surface area contributed by atoms with Crippen LogP contribution in [0.5, 0.6) is 0 Å². The van der Waals surface area contributed by atoms with Crippen LogP contribution in [0.2, 0.25) is 0 Å². The van der Waals surface area contributed by atoms with Crippen molar-refractivity contribution >= 4 is 17.7 Å². The predicted molar refractivity (Wildman–Crippen MR) is 203 cm³/mol. The van der Waals surface area contributed by atoms with E-state index in [1.807, 2.05) is 0 Å². The molecule has 0 amide bonds. The Morgan fingerprint density at radius 2 is 0.900 bits per heavy atom. The number of allylic oxidation sites excluding steroid dienone is 8. The van der Waals surface area contributed by atoms with E-state index in [-0.39, 0.29) is 24.8 Å². The van der Waals surface area contributed by atoms with E-state index in [1.54, 1.807) is 39.9 Å². The van der Waals surface area contributed by atoms with Gasteiger partial charge in [-0.25, -0.2) is 0 Å². The van der Waals surface area contributed by atoms with Crippen LogP contribution in [-0.4, -0.2) is 6.51 Å². The Bertz CT molecular complexity index is 2010. The molecule has 4 aliphatic rings. The van der Waals surface area contributed by atoms with Crippen molar-refractivity contribution in [3.63, 3.8) is 0 Å². The molecule has 8 rings (SSSR count). The molecule has 0 bridgehead atoms. The molecule has 0 radical (unpaired) electrons. The summed E-state index contributed by atoms with van der Waals surface area (Å²) >= 11 is -1.77. The zero-order chi connectivity index (χ0) is 33.7. The van der Waals surface area contributed by atoms with Crippen LogP contribution in [0.25, 0.3) is 33.4 Å². The summed E-state index contributed by atoms with van der Waals surface area (Å²) in [6.45, 7) is 18.4. The van der Waals surface area contributed by atoms with Crippen LogP contribution in [0, 0.1) is 27.7 Å². The first-order valence-electron chi connectivity index (χ1n) is 17.5. The van der Waals surface area contributed by atoms with Crippen LogP contribution < -0.4 is 24.8 Å². The number of fused-ring (bicyclic) bond motifs is 6. The van der Waals surface area contributed by atoms with E-state index in [1.165, 1.54) is 55.7 Å². The van der Waals surface area contributed by atoms with E-state index in [0.29, 0.717) is 7.35 Å². The molecular weight excluding hydrogens is 980 g/mol. The summed E-state index contributed by atoms with van der Waals surface area (Å²) in [6, 6.07) is 23.6.